The lowest BCUT2D eigenvalue weighted by Gasteiger charge is -2.23. The number of anilines is 2. The number of phenols is 2. The lowest BCUT2D eigenvalue weighted by molar-refractivity contribution is -0.112. The van der Waals surface area contributed by atoms with E-state index < -0.39 is 29.0 Å². The highest BCUT2D eigenvalue weighted by atomic mass is 79.9. The molecule has 3 rings (SSSR count). The predicted molar refractivity (Wildman–Crippen MR) is 98.6 cm³/mol. The predicted octanol–water partition coefficient (Wildman–Crippen LogP) is 2.73. The van der Waals surface area contributed by atoms with Gasteiger partial charge < -0.3 is 21.3 Å². The van der Waals surface area contributed by atoms with Crippen LogP contribution in [0, 0.1) is 0 Å². The minimum absolute atomic E-state index is 0.00324. The van der Waals surface area contributed by atoms with Crippen LogP contribution in [0.5, 0.6) is 11.5 Å². The zero-order valence-electron chi connectivity index (χ0n) is 13.5. The summed E-state index contributed by atoms with van der Waals surface area (Å²) in [6.07, 6.45) is 0. The van der Waals surface area contributed by atoms with Crippen LogP contribution in [-0.4, -0.2) is 27.7 Å². The monoisotopic (exact) mass is 416 g/mol. The van der Waals surface area contributed by atoms with E-state index in [1.807, 2.05) is 0 Å². The molecule has 0 radical (unpaired) electrons. The first kappa shape index (κ1) is 17.7. The molecule has 0 fully saturated rings. The lowest BCUT2D eigenvalue weighted by Crippen LogP contribution is -2.25. The summed E-state index contributed by atoms with van der Waals surface area (Å²) in [5.74, 6) is -2.91. The number of ketones is 2. The zero-order valence-corrected chi connectivity index (χ0v) is 15.1. The molecular formula is C18H13BrN2O5. The van der Waals surface area contributed by atoms with Crippen molar-refractivity contribution in [3.8, 4) is 11.5 Å². The second-order valence-corrected chi connectivity index (χ2v) is 6.68. The van der Waals surface area contributed by atoms with Crippen molar-refractivity contribution in [1.82, 2.24) is 0 Å². The fourth-order valence-electron chi connectivity index (χ4n) is 2.76. The smallest absolute Gasteiger partial charge is 0.250 e. The fraction of sp³-hybridized carbons (Fsp3) is 0.0556. The molecule has 26 heavy (non-hydrogen) atoms. The Hall–Kier alpha value is -3.13. The van der Waals surface area contributed by atoms with Crippen molar-refractivity contribution < 1.29 is 24.6 Å². The van der Waals surface area contributed by atoms with Crippen molar-refractivity contribution >= 4 is 44.8 Å². The van der Waals surface area contributed by atoms with Gasteiger partial charge in [0.15, 0.2) is 0 Å². The fourth-order valence-corrected chi connectivity index (χ4v) is 3.18. The van der Waals surface area contributed by atoms with E-state index in [2.05, 4.69) is 27.8 Å². The van der Waals surface area contributed by atoms with Gasteiger partial charge in [0.1, 0.15) is 11.5 Å². The topological polar surface area (TPSA) is 130 Å². The minimum Gasteiger partial charge on any atom is -0.507 e. The highest BCUT2D eigenvalue weighted by Crippen LogP contribution is 2.44. The number of nitrogen functional groups attached to an aromatic ring is 1. The molecule has 132 valence electrons. The van der Waals surface area contributed by atoms with Gasteiger partial charge in [-0.2, -0.15) is 0 Å². The average molecular weight is 417 g/mol. The van der Waals surface area contributed by atoms with Crippen molar-refractivity contribution in [3.05, 3.63) is 57.1 Å². The standard InChI is InChI=1S/C18H13BrN2O5/c1-6(2)18(26)21-9-5-7(19)15(23)14-12(9)17(25)13-10(22)4-3-8(20)11(13)16(14)24/h3-5,22-23H,1,20H2,2H3,(H,21,26). The van der Waals surface area contributed by atoms with Gasteiger partial charge in [-0.05, 0) is 41.1 Å². The number of amides is 1. The first-order valence-corrected chi connectivity index (χ1v) is 8.17. The first-order chi connectivity index (χ1) is 12.1. The number of halogens is 1. The van der Waals surface area contributed by atoms with E-state index in [0.29, 0.717) is 0 Å². The highest BCUT2D eigenvalue weighted by Gasteiger charge is 2.38. The molecule has 7 nitrogen and oxygen atoms in total. The number of nitrogens with two attached hydrogens (primary N) is 1. The second-order valence-electron chi connectivity index (χ2n) is 5.82. The van der Waals surface area contributed by atoms with Crippen molar-refractivity contribution in [3.63, 3.8) is 0 Å². The van der Waals surface area contributed by atoms with Crippen molar-refractivity contribution in [2.24, 2.45) is 0 Å². The van der Waals surface area contributed by atoms with Gasteiger partial charge in [0.2, 0.25) is 11.6 Å². The van der Waals surface area contributed by atoms with E-state index in [1.165, 1.54) is 25.1 Å². The van der Waals surface area contributed by atoms with E-state index in [1.54, 1.807) is 0 Å². The quantitative estimate of drug-likeness (QED) is 0.288. The largest absolute Gasteiger partial charge is 0.507 e. The summed E-state index contributed by atoms with van der Waals surface area (Å²) in [7, 11) is 0. The molecule has 5 N–H and O–H groups in total. The van der Waals surface area contributed by atoms with Crippen molar-refractivity contribution in [1.29, 1.82) is 0 Å². The Morgan fingerprint density at radius 2 is 1.73 bits per heavy atom. The van der Waals surface area contributed by atoms with E-state index in [9.17, 15) is 24.6 Å². The summed E-state index contributed by atoms with van der Waals surface area (Å²) >= 11 is 3.10. The summed E-state index contributed by atoms with van der Waals surface area (Å²) in [5.41, 5.74) is 5.01. The van der Waals surface area contributed by atoms with Gasteiger partial charge in [-0.3, -0.25) is 14.4 Å². The maximum atomic E-state index is 13.0. The summed E-state index contributed by atoms with van der Waals surface area (Å²) in [6, 6.07) is 3.80. The molecule has 0 bridgehead atoms. The highest BCUT2D eigenvalue weighted by molar-refractivity contribution is 9.10. The van der Waals surface area contributed by atoms with Gasteiger partial charge in [0.05, 0.1) is 32.4 Å². The van der Waals surface area contributed by atoms with Crippen molar-refractivity contribution in [2.45, 2.75) is 6.92 Å². The van der Waals surface area contributed by atoms with Crippen LogP contribution in [0.4, 0.5) is 11.4 Å². The molecule has 0 unspecified atom stereocenters. The van der Waals surface area contributed by atoms with Gasteiger partial charge in [0, 0.05) is 11.3 Å². The Morgan fingerprint density at radius 1 is 1.12 bits per heavy atom. The molecule has 2 aromatic carbocycles. The average Bonchev–Trinajstić information content (AvgIpc) is 2.57. The summed E-state index contributed by atoms with van der Waals surface area (Å²) in [4.78, 5) is 37.9. The molecule has 0 atom stereocenters. The molecule has 0 aromatic heterocycles. The molecule has 8 heteroatoms. The van der Waals surface area contributed by atoms with Crippen LogP contribution in [0.15, 0.2) is 34.8 Å². The van der Waals surface area contributed by atoms with Gasteiger partial charge >= 0.3 is 0 Å². The lowest BCUT2D eigenvalue weighted by atomic mass is 9.81. The van der Waals surface area contributed by atoms with Crippen LogP contribution in [0.3, 0.4) is 0 Å². The molecule has 1 aliphatic rings. The van der Waals surface area contributed by atoms with E-state index in [0.717, 1.165) is 0 Å². The third-order valence-corrected chi connectivity index (χ3v) is 4.62. The Labute approximate surface area is 156 Å². The first-order valence-electron chi connectivity index (χ1n) is 7.38. The summed E-state index contributed by atoms with van der Waals surface area (Å²) < 4.78 is 0.108. The number of nitrogens with one attached hydrogen (secondary N) is 1. The van der Waals surface area contributed by atoms with Crippen molar-refractivity contribution in [2.75, 3.05) is 11.1 Å². The molecular weight excluding hydrogens is 404 g/mol. The number of rotatable bonds is 2. The van der Waals surface area contributed by atoms with Crippen LogP contribution in [0.2, 0.25) is 0 Å². The van der Waals surface area contributed by atoms with Gasteiger partial charge in [-0.25, -0.2) is 0 Å². The summed E-state index contributed by atoms with van der Waals surface area (Å²) in [6.45, 7) is 5.00. The van der Waals surface area contributed by atoms with Crippen LogP contribution >= 0.6 is 15.9 Å². The number of aromatic hydroxyl groups is 2. The zero-order chi connectivity index (χ0) is 19.3. The number of carbonyl (C=O) groups is 3. The molecule has 1 aliphatic carbocycles. The summed E-state index contributed by atoms with van der Waals surface area (Å²) in [5, 5.41) is 22.9. The number of carbonyl (C=O) groups excluding carboxylic acids is 3. The maximum Gasteiger partial charge on any atom is 0.250 e. The SMILES string of the molecule is C=C(C)C(=O)Nc1cc(Br)c(O)c2c1C(=O)c1c(O)ccc(N)c1C2=O. The molecule has 0 saturated carbocycles. The minimum atomic E-state index is -0.737. The molecule has 0 aliphatic heterocycles. The molecule has 0 heterocycles. The van der Waals surface area contributed by atoms with Gasteiger partial charge in [-0.1, -0.05) is 6.58 Å². The number of phenolic OH excluding ortho intramolecular Hbond substituents is 2. The normalized spacial score (nSPS) is 12.4. The number of hydrogen-bond donors (Lipinski definition) is 4. The Bertz CT molecular complexity index is 1040. The van der Waals surface area contributed by atoms with E-state index >= 15 is 0 Å². The number of benzene rings is 2. The van der Waals surface area contributed by atoms with Crippen LogP contribution in [-0.2, 0) is 4.79 Å². The van der Waals surface area contributed by atoms with E-state index in [-0.39, 0.29) is 43.7 Å². The molecule has 2 aromatic rings. The van der Waals surface area contributed by atoms with Gasteiger partial charge in [-0.15, -0.1) is 0 Å². The third kappa shape index (κ3) is 2.46. The number of hydrogen-bond acceptors (Lipinski definition) is 6. The Kier molecular flexibility index (Phi) is 4.08. The molecule has 1 amide bonds. The second kappa shape index (κ2) is 5.99. The third-order valence-electron chi connectivity index (χ3n) is 4.01. The van der Waals surface area contributed by atoms with E-state index in [4.69, 9.17) is 5.73 Å². The molecule has 0 spiro atoms. The Balaban J connectivity index is 2.35. The number of fused-ring (bicyclic) bond motifs is 2. The van der Waals surface area contributed by atoms with Crippen LogP contribution in [0.25, 0.3) is 0 Å². The molecule has 0 saturated heterocycles. The Morgan fingerprint density at radius 3 is 2.35 bits per heavy atom. The van der Waals surface area contributed by atoms with Crippen LogP contribution < -0.4 is 11.1 Å². The van der Waals surface area contributed by atoms with Gasteiger partial charge in [0.25, 0.3) is 5.91 Å². The van der Waals surface area contributed by atoms with Crippen LogP contribution in [0.1, 0.15) is 38.8 Å². The maximum absolute atomic E-state index is 13.0.